The molecule has 146 valence electrons. The van der Waals surface area contributed by atoms with Crippen molar-refractivity contribution in [1.82, 2.24) is 19.9 Å². The SMILES string of the molecule is CSCC[C@H](NC(=O)c1ccc(-c2ccccc2)cc1)c1nnc2ccccn12. The highest BCUT2D eigenvalue weighted by Crippen LogP contribution is 2.21. The Morgan fingerprint density at radius 1 is 0.966 bits per heavy atom. The van der Waals surface area contributed by atoms with Crippen molar-refractivity contribution in [3.63, 3.8) is 0 Å². The van der Waals surface area contributed by atoms with Crippen molar-refractivity contribution in [2.45, 2.75) is 12.5 Å². The molecule has 0 bridgehead atoms. The van der Waals surface area contributed by atoms with E-state index in [1.807, 2.05) is 71.3 Å². The summed E-state index contributed by atoms with van der Waals surface area (Å²) in [6.45, 7) is 0. The average molecular weight is 403 g/mol. The van der Waals surface area contributed by atoms with E-state index in [2.05, 4.69) is 33.9 Å². The third-order valence-electron chi connectivity index (χ3n) is 4.82. The lowest BCUT2D eigenvalue weighted by atomic mass is 10.0. The van der Waals surface area contributed by atoms with E-state index in [4.69, 9.17) is 0 Å². The number of benzene rings is 2. The minimum atomic E-state index is -0.207. The lowest BCUT2D eigenvalue weighted by Gasteiger charge is -2.17. The van der Waals surface area contributed by atoms with E-state index in [-0.39, 0.29) is 11.9 Å². The van der Waals surface area contributed by atoms with Crippen LogP contribution in [0.1, 0.15) is 28.6 Å². The monoisotopic (exact) mass is 402 g/mol. The molecule has 4 aromatic rings. The van der Waals surface area contributed by atoms with Gasteiger partial charge in [-0.2, -0.15) is 11.8 Å². The van der Waals surface area contributed by atoms with Crippen LogP contribution in [0.15, 0.2) is 79.0 Å². The second-order valence-corrected chi connectivity index (χ2v) is 7.72. The maximum Gasteiger partial charge on any atom is 0.251 e. The lowest BCUT2D eigenvalue weighted by Crippen LogP contribution is -2.30. The Labute approximate surface area is 174 Å². The number of aromatic nitrogens is 3. The van der Waals surface area contributed by atoms with E-state index in [1.54, 1.807) is 11.8 Å². The highest BCUT2D eigenvalue weighted by molar-refractivity contribution is 7.98. The van der Waals surface area contributed by atoms with Crippen molar-refractivity contribution in [2.24, 2.45) is 0 Å². The Morgan fingerprint density at radius 2 is 1.69 bits per heavy atom. The molecule has 1 N–H and O–H groups in total. The van der Waals surface area contributed by atoms with Crippen LogP contribution in [0.2, 0.25) is 0 Å². The van der Waals surface area contributed by atoms with Crippen molar-refractivity contribution in [1.29, 1.82) is 0 Å². The smallest absolute Gasteiger partial charge is 0.251 e. The minimum Gasteiger partial charge on any atom is -0.342 e. The number of carbonyl (C=O) groups is 1. The zero-order chi connectivity index (χ0) is 20.1. The van der Waals surface area contributed by atoms with Gasteiger partial charge in [-0.05, 0) is 53.8 Å². The number of nitrogens with zero attached hydrogens (tertiary/aromatic N) is 3. The number of nitrogens with one attached hydrogen (secondary N) is 1. The van der Waals surface area contributed by atoms with Crippen LogP contribution >= 0.6 is 11.8 Å². The van der Waals surface area contributed by atoms with Crippen molar-refractivity contribution in [3.8, 4) is 11.1 Å². The number of amides is 1. The standard InChI is InChI=1S/C23H22N4OS/c1-29-16-14-20(22-26-25-21-9-5-6-15-27(21)22)24-23(28)19-12-10-18(11-13-19)17-7-3-2-4-8-17/h2-13,15,20H,14,16H2,1H3,(H,24,28)/t20-/m0/s1. The number of thioether (sulfide) groups is 1. The summed E-state index contributed by atoms with van der Waals surface area (Å²) in [6, 6.07) is 23.4. The number of pyridine rings is 1. The molecule has 1 atom stereocenters. The molecular weight excluding hydrogens is 380 g/mol. The van der Waals surface area contributed by atoms with Gasteiger partial charge in [0.15, 0.2) is 11.5 Å². The first-order valence-corrected chi connectivity index (χ1v) is 10.9. The van der Waals surface area contributed by atoms with E-state index >= 15 is 0 Å². The predicted octanol–water partition coefficient (Wildman–Crippen LogP) is 4.62. The Hall–Kier alpha value is -3.12. The molecule has 0 spiro atoms. The fraction of sp³-hybridized carbons (Fsp3) is 0.174. The Balaban J connectivity index is 1.55. The van der Waals surface area contributed by atoms with Crippen LogP contribution in [0.3, 0.4) is 0 Å². The summed E-state index contributed by atoms with van der Waals surface area (Å²) < 4.78 is 1.93. The summed E-state index contributed by atoms with van der Waals surface area (Å²) in [7, 11) is 0. The van der Waals surface area contributed by atoms with E-state index in [0.29, 0.717) is 5.56 Å². The minimum absolute atomic E-state index is 0.108. The Bertz CT molecular complexity index is 1090. The first-order chi connectivity index (χ1) is 14.3. The highest BCUT2D eigenvalue weighted by Gasteiger charge is 2.20. The van der Waals surface area contributed by atoms with Crippen molar-refractivity contribution < 1.29 is 4.79 Å². The summed E-state index contributed by atoms with van der Waals surface area (Å²) in [5.41, 5.74) is 3.63. The molecule has 2 heterocycles. The molecule has 0 fully saturated rings. The topological polar surface area (TPSA) is 59.3 Å². The molecule has 2 aromatic heterocycles. The van der Waals surface area contributed by atoms with Gasteiger partial charge in [-0.3, -0.25) is 9.20 Å². The van der Waals surface area contributed by atoms with Gasteiger partial charge in [0, 0.05) is 11.8 Å². The van der Waals surface area contributed by atoms with Crippen LogP contribution in [-0.2, 0) is 0 Å². The zero-order valence-electron chi connectivity index (χ0n) is 16.2. The van der Waals surface area contributed by atoms with Crippen LogP contribution in [-0.4, -0.2) is 32.5 Å². The lowest BCUT2D eigenvalue weighted by molar-refractivity contribution is 0.0934. The van der Waals surface area contributed by atoms with Crippen LogP contribution < -0.4 is 5.32 Å². The molecule has 0 radical (unpaired) electrons. The number of carbonyl (C=O) groups excluding carboxylic acids is 1. The Morgan fingerprint density at radius 3 is 2.45 bits per heavy atom. The van der Waals surface area contributed by atoms with Crippen LogP contribution in [0.5, 0.6) is 0 Å². The molecule has 0 aliphatic carbocycles. The molecule has 0 saturated carbocycles. The molecule has 5 nitrogen and oxygen atoms in total. The summed E-state index contributed by atoms with van der Waals surface area (Å²) in [5.74, 6) is 1.56. The first kappa shape index (κ1) is 19.2. The molecule has 0 aliphatic rings. The summed E-state index contributed by atoms with van der Waals surface area (Å²) in [6.07, 6.45) is 4.77. The van der Waals surface area contributed by atoms with Crippen molar-refractivity contribution in [2.75, 3.05) is 12.0 Å². The molecule has 0 aliphatic heterocycles. The van der Waals surface area contributed by atoms with Gasteiger partial charge >= 0.3 is 0 Å². The first-order valence-electron chi connectivity index (χ1n) is 9.51. The van der Waals surface area contributed by atoms with Crippen molar-refractivity contribution in [3.05, 3.63) is 90.4 Å². The van der Waals surface area contributed by atoms with E-state index in [0.717, 1.165) is 34.8 Å². The fourth-order valence-corrected chi connectivity index (χ4v) is 3.76. The van der Waals surface area contributed by atoms with Crippen LogP contribution in [0.25, 0.3) is 16.8 Å². The summed E-state index contributed by atoms with van der Waals surface area (Å²) in [5, 5.41) is 11.7. The molecule has 0 saturated heterocycles. The molecule has 4 rings (SSSR count). The van der Waals surface area contributed by atoms with Gasteiger partial charge < -0.3 is 5.32 Å². The van der Waals surface area contributed by atoms with Gasteiger partial charge in [-0.15, -0.1) is 10.2 Å². The van der Waals surface area contributed by atoms with Gasteiger partial charge in [0.25, 0.3) is 5.91 Å². The van der Waals surface area contributed by atoms with Crippen LogP contribution in [0.4, 0.5) is 0 Å². The third kappa shape index (κ3) is 4.32. The summed E-state index contributed by atoms with van der Waals surface area (Å²) in [4.78, 5) is 12.9. The number of fused-ring (bicyclic) bond motifs is 1. The molecule has 0 unspecified atom stereocenters. The molecule has 2 aromatic carbocycles. The zero-order valence-corrected chi connectivity index (χ0v) is 17.0. The molecule has 1 amide bonds. The average Bonchev–Trinajstić information content (AvgIpc) is 3.21. The van der Waals surface area contributed by atoms with E-state index in [9.17, 15) is 4.79 Å². The van der Waals surface area contributed by atoms with Crippen molar-refractivity contribution >= 4 is 23.3 Å². The second-order valence-electron chi connectivity index (χ2n) is 6.74. The Kier molecular flexibility index (Phi) is 5.91. The largest absolute Gasteiger partial charge is 0.342 e. The van der Waals surface area contributed by atoms with Gasteiger partial charge in [0.05, 0.1) is 6.04 Å². The van der Waals surface area contributed by atoms with Crippen LogP contribution in [0, 0.1) is 0 Å². The van der Waals surface area contributed by atoms with Gasteiger partial charge in [0.2, 0.25) is 0 Å². The normalized spacial score (nSPS) is 12.0. The van der Waals surface area contributed by atoms with Gasteiger partial charge in [-0.25, -0.2) is 0 Å². The van der Waals surface area contributed by atoms with E-state index < -0.39 is 0 Å². The number of rotatable bonds is 7. The van der Waals surface area contributed by atoms with E-state index in [1.165, 1.54) is 0 Å². The summed E-state index contributed by atoms with van der Waals surface area (Å²) >= 11 is 1.75. The molecule has 29 heavy (non-hydrogen) atoms. The number of hydrogen-bond donors (Lipinski definition) is 1. The highest BCUT2D eigenvalue weighted by atomic mass is 32.2. The predicted molar refractivity (Wildman–Crippen MR) is 118 cm³/mol. The van der Waals surface area contributed by atoms with Gasteiger partial charge in [0.1, 0.15) is 0 Å². The fourth-order valence-electron chi connectivity index (χ4n) is 3.29. The third-order valence-corrected chi connectivity index (χ3v) is 5.47. The maximum absolute atomic E-state index is 12.9. The second kappa shape index (κ2) is 8.92. The molecular formula is C23H22N4OS. The molecule has 6 heteroatoms. The maximum atomic E-state index is 12.9. The quantitative estimate of drug-likeness (QED) is 0.490. The number of hydrogen-bond acceptors (Lipinski definition) is 4. The van der Waals surface area contributed by atoms with Gasteiger partial charge in [-0.1, -0.05) is 48.5 Å².